The molecular formula is C11H15ClN4O. The summed E-state index contributed by atoms with van der Waals surface area (Å²) >= 11 is 5.76. The maximum atomic E-state index is 12.2. The molecule has 1 aromatic rings. The van der Waals surface area contributed by atoms with Gasteiger partial charge in [0.25, 0.3) is 0 Å². The molecular weight excluding hydrogens is 240 g/mol. The molecule has 1 aromatic heterocycles. The van der Waals surface area contributed by atoms with Crippen molar-refractivity contribution in [2.45, 2.75) is 12.8 Å². The summed E-state index contributed by atoms with van der Waals surface area (Å²) in [4.78, 5) is 21.7. The summed E-state index contributed by atoms with van der Waals surface area (Å²) in [6.07, 6.45) is 4.74. The van der Waals surface area contributed by atoms with Gasteiger partial charge < -0.3 is 5.32 Å². The topological polar surface area (TPSA) is 58.1 Å². The number of nitrogens with zero attached hydrogens (tertiary/aromatic N) is 3. The van der Waals surface area contributed by atoms with E-state index >= 15 is 0 Å². The normalized spacial score (nSPS) is 16.8. The van der Waals surface area contributed by atoms with Crippen LogP contribution in [0.4, 0.5) is 5.82 Å². The van der Waals surface area contributed by atoms with Gasteiger partial charge >= 0.3 is 0 Å². The molecule has 0 bridgehead atoms. The monoisotopic (exact) mass is 254 g/mol. The molecule has 1 N–H and O–H groups in total. The highest BCUT2D eigenvalue weighted by Gasteiger charge is 2.25. The summed E-state index contributed by atoms with van der Waals surface area (Å²) in [5, 5.41) is 3.54. The van der Waals surface area contributed by atoms with Crippen LogP contribution in [0.15, 0.2) is 12.4 Å². The highest BCUT2D eigenvalue weighted by Crippen LogP contribution is 2.18. The second kappa shape index (κ2) is 5.42. The zero-order valence-corrected chi connectivity index (χ0v) is 10.4. The number of anilines is 1. The summed E-state index contributed by atoms with van der Waals surface area (Å²) in [6.45, 7) is 1.79. The van der Waals surface area contributed by atoms with Crippen molar-refractivity contribution in [2.24, 2.45) is 5.92 Å². The molecule has 1 amide bonds. The average Bonchev–Trinajstić information content (AvgIpc) is 2.38. The van der Waals surface area contributed by atoms with Crippen LogP contribution in [0.5, 0.6) is 0 Å². The van der Waals surface area contributed by atoms with Crippen molar-refractivity contribution in [3.8, 4) is 0 Å². The van der Waals surface area contributed by atoms with Crippen molar-refractivity contribution >= 4 is 23.3 Å². The largest absolute Gasteiger partial charge is 0.317 e. The fraction of sp³-hybridized carbons (Fsp3) is 0.545. The number of halogens is 1. The van der Waals surface area contributed by atoms with Gasteiger partial charge in [0.2, 0.25) is 5.91 Å². The summed E-state index contributed by atoms with van der Waals surface area (Å²) < 4.78 is 0. The molecule has 2 heterocycles. The Kier molecular flexibility index (Phi) is 3.91. The second-order valence-electron chi connectivity index (χ2n) is 4.12. The Balaban J connectivity index is 2.08. The Morgan fingerprint density at radius 1 is 1.47 bits per heavy atom. The van der Waals surface area contributed by atoms with Gasteiger partial charge in [-0.3, -0.25) is 14.7 Å². The molecule has 1 aliphatic heterocycles. The lowest BCUT2D eigenvalue weighted by Crippen LogP contribution is -2.39. The van der Waals surface area contributed by atoms with Crippen LogP contribution in [0.25, 0.3) is 0 Å². The van der Waals surface area contributed by atoms with Crippen molar-refractivity contribution < 1.29 is 4.79 Å². The fourth-order valence-corrected chi connectivity index (χ4v) is 2.09. The molecule has 0 saturated carbocycles. The lowest BCUT2D eigenvalue weighted by atomic mass is 9.97. The average molecular weight is 255 g/mol. The number of carbonyl (C=O) groups excluding carboxylic acids is 1. The molecule has 1 fully saturated rings. The molecule has 1 aliphatic rings. The molecule has 0 atom stereocenters. The molecule has 0 radical (unpaired) electrons. The Labute approximate surface area is 105 Å². The number of piperidine rings is 1. The van der Waals surface area contributed by atoms with E-state index in [1.54, 1.807) is 13.2 Å². The number of hydrogen-bond acceptors (Lipinski definition) is 4. The third-order valence-electron chi connectivity index (χ3n) is 2.96. The highest BCUT2D eigenvalue weighted by molar-refractivity contribution is 6.29. The molecule has 2 rings (SSSR count). The van der Waals surface area contributed by atoms with Crippen LogP contribution >= 0.6 is 11.6 Å². The predicted molar refractivity (Wildman–Crippen MR) is 66.0 cm³/mol. The van der Waals surface area contributed by atoms with E-state index in [0.29, 0.717) is 11.0 Å². The summed E-state index contributed by atoms with van der Waals surface area (Å²) in [5.41, 5.74) is 0. The maximum Gasteiger partial charge on any atom is 0.231 e. The summed E-state index contributed by atoms with van der Waals surface area (Å²) in [6, 6.07) is 0. The first-order chi connectivity index (χ1) is 8.18. The maximum absolute atomic E-state index is 12.2. The first-order valence-electron chi connectivity index (χ1n) is 5.64. The van der Waals surface area contributed by atoms with Gasteiger partial charge in [-0.1, -0.05) is 11.6 Å². The summed E-state index contributed by atoms with van der Waals surface area (Å²) in [5.74, 6) is 0.658. The quantitative estimate of drug-likeness (QED) is 0.859. The zero-order valence-electron chi connectivity index (χ0n) is 9.69. The standard InChI is InChI=1S/C11H15ClN4O/c1-16(10-7-14-6-9(12)15-10)11(17)8-2-4-13-5-3-8/h6-8,13H,2-5H2,1H3. The third kappa shape index (κ3) is 2.92. The molecule has 0 aliphatic carbocycles. The smallest absolute Gasteiger partial charge is 0.231 e. The van der Waals surface area contributed by atoms with Crippen LogP contribution < -0.4 is 10.2 Å². The molecule has 17 heavy (non-hydrogen) atoms. The van der Waals surface area contributed by atoms with Gasteiger partial charge in [0, 0.05) is 13.0 Å². The third-order valence-corrected chi connectivity index (χ3v) is 3.14. The first-order valence-corrected chi connectivity index (χ1v) is 6.02. The Morgan fingerprint density at radius 3 is 2.82 bits per heavy atom. The number of carbonyl (C=O) groups is 1. The molecule has 0 spiro atoms. The van der Waals surface area contributed by atoms with Crippen LogP contribution in [0, 0.1) is 5.92 Å². The zero-order chi connectivity index (χ0) is 12.3. The number of hydrogen-bond donors (Lipinski definition) is 1. The van der Waals surface area contributed by atoms with Crippen LogP contribution in [0.2, 0.25) is 5.15 Å². The predicted octanol–water partition coefficient (Wildman–Crippen LogP) is 1.09. The van der Waals surface area contributed by atoms with E-state index in [0.717, 1.165) is 25.9 Å². The van der Waals surface area contributed by atoms with Crippen molar-refractivity contribution in [3.63, 3.8) is 0 Å². The van der Waals surface area contributed by atoms with E-state index in [9.17, 15) is 4.79 Å². The van der Waals surface area contributed by atoms with Crippen molar-refractivity contribution in [2.75, 3.05) is 25.0 Å². The number of amides is 1. The van der Waals surface area contributed by atoms with Crippen molar-refractivity contribution in [3.05, 3.63) is 17.5 Å². The van der Waals surface area contributed by atoms with Gasteiger partial charge in [0.05, 0.1) is 12.4 Å². The molecule has 92 valence electrons. The van der Waals surface area contributed by atoms with Gasteiger partial charge in [0.1, 0.15) is 5.15 Å². The molecule has 6 heteroatoms. The SMILES string of the molecule is CN(C(=O)C1CCNCC1)c1cncc(Cl)n1. The van der Waals surface area contributed by atoms with Gasteiger partial charge in [-0.15, -0.1) is 0 Å². The number of rotatable bonds is 2. The molecule has 5 nitrogen and oxygen atoms in total. The van der Waals surface area contributed by atoms with Crippen molar-refractivity contribution in [1.82, 2.24) is 15.3 Å². The van der Waals surface area contributed by atoms with E-state index in [-0.39, 0.29) is 11.8 Å². The Hall–Kier alpha value is -1.20. The van der Waals surface area contributed by atoms with Crippen LogP contribution in [0.3, 0.4) is 0 Å². The lowest BCUT2D eigenvalue weighted by Gasteiger charge is -2.26. The molecule has 0 aromatic carbocycles. The minimum absolute atomic E-state index is 0.0713. The minimum atomic E-state index is 0.0713. The second-order valence-corrected chi connectivity index (χ2v) is 4.51. The lowest BCUT2D eigenvalue weighted by molar-refractivity contribution is -0.122. The van der Waals surface area contributed by atoms with E-state index in [4.69, 9.17) is 11.6 Å². The number of nitrogens with one attached hydrogen (secondary N) is 1. The van der Waals surface area contributed by atoms with E-state index in [1.165, 1.54) is 11.1 Å². The van der Waals surface area contributed by atoms with Gasteiger partial charge in [-0.25, -0.2) is 4.98 Å². The highest BCUT2D eigenvalue weighted by atomic mass is 35.5. The minimum Gasteiger partial charge on any atom is -0.317 e. The summed E-state index contributed by atoms with van der Waals surface area (Å²) in [7, 11) is 1.71. The van der Waals surface area contributed by atoms with Gasteiger partial charge in [0.15, 0.2) is 5.82 Å². The van der Waals surface area contributed by atoms with Gasteiger partial charge in [-0.05, 0) is 25.9 Å². The molecule has 0 unspecified atom stereocenters. The Bertz CT molecular complexity index is 406. The van der Waals surface area contributed by atoms with Crippen molar-refractivity contribution in [1.29, 1.82) is 0 Å². The number of aromatic nitrogens is 2. The van der Waals surface area contributed by atoms with Crippen LogP contribution in [-0.4, -0.2) is 36.0 Å². The first kappa shape index (κ1) is 12.3. The van der Waals surface area contributed by atoms with E-state index in [2.05, 4.69) is 15.3 Å². The van der Waals surface area contributed by atoms with Crippen LogP contribution in [0.1, 0.15) is 12.8 Å². The molecule has 1 saturated heterocycles. The van der Waals surface area contributed by atoms with E-state index in [1.807, 2.05) is 0 Å². The van der Waals surface area contributed by atoms with E-state index < -0.39 is 0 Å². The fourth-order valence-electron chi connectivity index (χ4n) is 1.95. The van der Waals surface area contributed by atoms with Crippen LogP contribution in [-0.2, 0) is 4.79 Å². The Morgan fingerprint density at radius 2 is 2.18 bits per heavy atom. The van der Waals surface area contributed by atoms with Gasteiger partial charge in [-0.2, -0.15) is 0 Å².